The molecule has 50 valence electrons. The number of imidazole rings is 1. The van der Waals surface area contributed by atoms with E-state index in [0.717, 1.165) is 17.4 Å². The normalized spacial score (nSPS) is 10.4. The van der Waals surface area contributed by atoms with Gasteiger partial charge in [0.2, 0.25) is 6.41 Å². The first kappa shape index (κ1) is 5.22. The van der Waals surface area contributed by atoms with Crippen molar-refractivity contribution in [3.05, 3.63) is 18.7 Å². The Bertz CT molecular complexity index is 360. The maximum atomic E-state index is 10.3. The largest absolute Gasteiger partial charge is 0.364 e. The van der Waals surface area contributed by atoms with Gasteiger partial charge >= 0.3 is 0 Å². The Morgan fingerprint density at radius 1 is 1.60 bits per heavy atom. The van der Waals surface area contributed by atoms with E-state index in [2.05, 4.69) is 9.97 Å². The lowest BCUT2D eigenvalue weighted by Crippen LogP contribution is -1.89. The highest BCUT2D eigenvalue weighted by Gasteiger charge is 1.99. The smallest absolute Gasteiger partial charge is 0.219 e. The van der Waals surface area contributed by atoms with Crippen molar-refractivity contribution in [2.24, 2.45) is 0 Å². The van der Waals surface area contributed by atoms with Crippen molar-refractivity contribution in [3.63, 3.8) is 0 Å². The van der Waals surface area contributed by atoms with Gasteiger partial charge in [-0.05, 0) is 0 Å². The second-order valence-corrected chi connectivity index (χ2v) is 1.98. The first-order valence-electron chi connectivity index (χ1n) is 2.86. The number of hydrogen-bond donors (Lipinski definition) is 1. The molecule has 2 aromatic rings. The van der Waals surface area contributed by atoms with Gasteiger partial charge in [-0.2, -0.15) is 0 Å². The first-order chi connectivity index (χ1) is 4.92. The molecule has 0 spiro atoms. The lowest BCUT2D eigenvalue weighted by molar-refractivity contribution is 0.548. The summed E-state index contributed by atoms with van der Waals surface area (Å²) in [4.78, 5) is 17.1. The highest BCUT2D eigenvalue weighted by Crippen LogP contribution is 2.07. The molecule has 2 heterocycles. The minimum Gasteiger partial charge on any atom is -0.364 e. The zero-order chi connectivity index (χ0) is 6.97. The number of aromatic amines is 1. The summed E-state index contributed by atoms with van der Waals surface area (Å²) >= 11 is 0. The lowest BCUT2D eigenvalue weighted by atomic mass is 10.5. The van der Waals surface area contributed by atoms with Crippen molar-refractivity contribution in [3.8, 4) is 0 Å². The molecule has 4 heteroatoms. The number of H-pyrrole nitrogens is 1. The summed E-state index contributed by atoms with van der Waals surface area (Å²) in [6.45, 7) is 0. The number of nitrogens with one attached hydrogen (secondary N) is 1. The van der Waals surface area contributed by atoms with Gasteiger partial charge in [-0.1, -0.05) is 0 Å². The van der Waals surface area contributed by atoms with E-state index in [1.165, 1.54) is 10.9 Å². The van der Waals surface area contributed by atoms with Crippen molar-refractivity contribution in [1.29, 1.82) is 0 Å². The monoisotopic (exact) mass is 135 g/mol. The van der Waals surface area contributed by atoms with Crippen LogP contribution < -0.4 is 0 Å². The van der Waals surface area contributed by atoms with Gasteiger partial charge in [0.1, 0.15) is 11.8 Å². The highest BCUT2D eigenvalue weighted by molar-refractivity contribution is 5.80. The number of aromatic nitrogens is 3. The number of carbonyl (C=O) groups is 1. The van der Waals surface area contributed by atoms with Gasteiger partial charge < -0.3 is 4.98 Å². The molecule has 0 atom stereocenters. The predicted molar refractivity (Wildman–Crippen MR) is 36.2 cm³/mol. The molecule has 4 nitrogen and oxygen atoms in total. The predicted octanol–water partition coefficient (Wildman–Crippen LogP) is 0.403. The minimum atomic E-state index is 0.725. The molecule has 10 heavy (non-hydrogen) atoms. The lowest BCUT2D eigenvalue weighted by Gasteiger charge is -1.82. The molecule has 0 aliphatic heterocycles. The zero-order valence-corrected chi connectivity index (χ0v) is 5.11. The topological polar surface area (TPSA) is 50.7 Å². The number of fused-ring (bicyclic) bond motifs is 1. The van der Waals surface area contributed by atoms with E-state index in [1.54, 1.807) is 12.4 Å². The fourth-order valence-corrected chi connectivity index (χ4v) is 0.928. The Morgan fingerprint density at radius 3 is 3.30 bits per heavy atom. The summed E-state index contributed by atoms with van der Waals surface area (Å²) in [5.41, 5.74) is 1.63. The molecule has 0 unspecified atom stereocenters. The number of nitrogens with zero attached hydrogens (tertiary/aromatic N) is 2. The van der Waals surface area contributed by atoms with E-state index >= 15 is 0 Å². The maximum Gasteiger partial charge on any atom is 0.219 e. The van der Waals surface area contributed by atoms with E-state index in [4.69, 9.17) is 0 Å². The zero-order valence-electron chi connectivity index (χ0n) is 5.11. The molecule has 0 aliphatic rings. The summed E-state index contributed by atoms with van der Waals surface area (Å²) in [6.07, 6.45) is 5.70. The van der Waals surface area contributed by atoms with Crippen LogP contribution in [0.1, 0.15) is 0 Å². The molecule has 0 aromatic carbocycles. The van der Waals surface area contributed by atoms with Gasteiger partial charge in [0, 0.05) is 12.4 Å². The van der Waals surface area contributed by atoms with Crippen molar-refractivity contribution in [1.82, 2.24) is 14.5 Å². The van der Waals surface area contributed by atoms with Crippen molar-refractivity contribution >= 4 is 17.4 Å². The quantitative estimate of drug-likeness (QED) is 0.575. The van der Waals surface area contributed by atoms with Crippen LogP contribution in [0.3, 0.4) is 0 Å². The van der Waals surface area contributed by atoms with Crippen molar-refractivity contribution in [2.75, 3.05) is 0 Å². The minimum absolute atomic E-state index is 0.725. The first-order valence-corrected chi connectivity index (χ1v) is 2.86. The van der Waals surface area contributed by atoms with Crippen LogP contribution in [0.15, 0.2) is 18.7 Å². The third kappa shape index (κ3) is 0.500. The molecule has 0 amide bonds. The van der Waals surface area contributed by atoms with Crippen LogP contribution in [-0.4, -0.2) is 20.9 Å². The van der Waals surface area contributed by atoms with Crippen LogP contribution in [-0.2, 0) is 4.79 Å². The molecule has 2 rings (SSSR count). The molecule has 1 N–H and O–H groups in total. The molecule has 2 aromatic heterocycles. The molecule has 0 saturated carbocycles. The third-order valence-electron chi connectivity index (χ3n) is 1.42. The van der Waals surface area contributed by atoms with Crippen LogP contribution in [0.5, 0.6) is 0 Å². The summed E-state index contributed by atoms with van der Waals surface area (Å²) in [7, 11) is 0. The van der Waals surface area contributed by atoms with Gasteiger partial charge in [0.15, 0.2) is 0 Å². The highest BCUT2D eigenvalue weighted by atomic mass is 16.1. The Labute approximate surface area is 56.5 Å². The van der Waals surface area contributed by atoms with Crippen LogP contribution in [0.4, 0.5) is 0 Å². The van der Waals surface area contributed by atoms with Crippen molar-refractivity contribution in [2.45, 2.75) is 0 Å². The Morgan fingerprint density at radius 2 is 2.50 bits per heavy atom. The molecule has 0 fully saturated rings. The second kappa shape index (κ2) is 1.70. The van der Waals surface area contributed by atoms with Crippen LogP contribution in [0.25, 0.3) is 11.0 Å². The fourth-order valence-electron chi connectivity index (χ4n) is 0.928. The summed E-state index contributed by atoms with van der Waals surface area (Å²) in [5, 5.41) is 0. The summed E-state index contributed by atoms with van der Waals surface area (Å²) in [6, 6.07) is 0. The number of rotatable bonds is 1. The number of carbonyl (C=O) groups excluding carboxylic acids is 1. The van der Waals surface area contributed by atoms with E-state index in [-0.39, 0.29) is 0 Å². The number of hydrogen-bond acceptors (Lipinski definition) is 2. The van der Waals surface area contributed by atoms with Crippen LogP contribution in [0, 0.1) is 0 Å². The molecule has 0 saturated heterocycles. The molecular weight excluding hydrogens is 130 g/mol. The van der Waals surface area contributed by atoms with Gasteiger partial charge in [0.25, 0.3) is 0 Å². The van der Waals surface area contributed by atoms with Crippen LogP contribution in [0.2, 0.25) is 0 Å². The van der Waals surface area contributed by atoms with Crippen molar-refractivity contribution < 1.29 is 4.79 Å². The van der Waals surface area contributed by atoms with Gasteiger partial charge in [0.05, 0.1) is 5.52 Å². The van der Waals surface area contributed by atoms with Gasteiger partial charge in [-0.25, -0.2) is 4.98 Å². The average Bonchev–Trinajstić information content (AvgIpc) is 2.44. The van der Waals surface area contributed by atoms with E-state index in [1.807, 2.05) is 0 Å². The average molecular weight is 135 g/mol. The molecular formula is C6H5N3O. The molecule has 0 radical (unpaired) electrons. The maximum absolute atomic E-state index is 10.3. The Balaban J connectivity index is 2.88. The fraction of sp³-hybridized carbons (Fsp3) is 0. The summed E-state index contributed by atoms with van der Waals surface area (Å²) < 4.78 is 1.42. The van der Waals surface area contributed by atoms with E-state index in [0.29, 0.717) is 0 Å². The Hall–Kier alpha value is -1.58. The summed E-state index contributed by atoms with van der Waals surface area (Å²) in [5.74, 6) is 0. The molecule has 0 aliphatic carbocycles. The SMILES string of the molecule is O=Cn1cnc2c[nH]cc21. The molecule has 0 bridgehead atoms. The Kier molecular flexibility index (Phi) is 0.887. The van der Waals surface area contributed by atoms with Gasteiger partial charge in [-0.3, -0.25) is 9.36 Å². The van der Waals surface area contributed by atoms with Gasteiger partial charge in [-0.15, -0.1) is 0 Å². The van der Waals surface area contributed by atoms with Crippen LogP contribution >= 0.6 is 0 Å². The second-order valence-electron chi connectivity index (χ2n) is 1.98. The van der Waals surface area contributed by atoms with E-state index in [9.17, 15) is 4.79 Å². The standard InChI is InChI=1S/C6H5N3O/c10-4-9-3-8-5-1-7-2-6(5)9/h1-4,7H. The third-order valence-corrected chi connectivity index (χ3v) is 1.42. The van der Waals surface area contributed by atoms with E-state index < -0.39 is 0 Å².